The van der Waals surface area contributed by atoms with Crippen molar-refractivity contribution in [3.63, 3.8) is 0 Å². The third-order valence-corrected chi connectivity index (χ3v) is 3.68. The molecule has 19 heavy (non-hydrogen) atoms. The second-order valence-corrected chi connectivity index (χ2v) is 5.76. The standard InChI is InChI=1S/C14H19BrN2O2/c15-12-8-10(3-6-13(12)18)9-16-7-1-2-14(19)17-11-4-5-11/h3,6,8,11,16,18H,1-2,4-5,7,9H2,(H,17,19). The quantitative estimate of drug-likeness (QED) is 0.674. The smallest absolute Gasteiger partial charge is 0.220 e. The number of rotatable bonds is 7. The topological polar surface area (TPSA) is 61.4 Å². The Morgan fingerprint density at radius 2 is 2.21 bits per heavy atom. The predicted octanol–water partition coefficient (Wildman–Crippen LogP) is 2.30. The van der Waals surface area contributed by atoms with Crippen LogP contribution in [0.25, 0.3) is 0 Å². The Kier molecular flexibility index (Phi) is 5.22. The van der Waals surface area contributed by atoms with Crippen LogP contribution in [0.15, 0.2) is 22.7 Å². The van der Waals surface area contributed by atoms with E-state index < -0.39 is 0 Å². The SMILES string of the molecule is O=C(CCCNCc1ccc(O)c(Br)c1)NC1CC1. The molecule has 0 unspecified atom stereocenters. The van der Waals surface area contributed by atoms with E-state index in [4.69, 9.17) is 0 Å². The van der Waals surface area contributed by atoms with Crippen molar-refractivity contribution in [1.29, 1.82) is 0 Å². The van der Waals surface area contributed by atoms with Crippen molar-refractivity contribution < 1.29 is 9.90 Å². The average molecular weight is 327 g/mol. The van der Waals surface area contributed by atoms with Gasteiger partial charge in [-0.25, -0.2) is 0 Å². The van der Waals surface area contributed by atoms with Gasteiger partial charge in [-0.2, -0.15) is 0 Å². The minimum absolute atomic E-state index is 0.164. The molecular formula is C14H19BrN2O2. The summed E-state index contributed by atoms with van der Waals surface area (Å²) >= 11 is 3.29. The first-order valence-corrected chi connectivity index (χ1v) is 7.42. The van der Waals surface area contributed by atoms with E-state index in [0.717, 1.165) is 37.9 Å². The molecule has 0 aliphatic heterocycles. The molecule has 0 atom stereocenters. The normalized spacial score (nSPS) is 14.4. The Hall–Kier alpha value is -1.07. The van der Waals surface area contributed by atoms with Crippen molar-refractivity contribution in [3.05, 3.63) is 28.2 Å². The number of hydrogen-bond acceptors (Lipinski definition) is 3. The summed E-state index contributed by atoms with van der Waals surface area (Å²) in [6, 6.07) is 5.90. The monoisotopic (exact) mass is 326 g/mol. The lowest BCUT2D eigenvalue weighted by atomic mass is 10.2. The second kappa shape index (κ2) is 6.91. The van der Waals surface area contributed by atoms with Crippen LogP contribution in [-0.4, -0.2) is 23.6 Å². The molecule has 2 rings (SSSR count). The van der Waals surface area contributed by atoms with Gasteiger partial charge in [-0.15, -0.1) is 0 Å². The van der Waals surface area contributed by atoms with E-state index in [1.807, 2.05) is 12.1 Å². The lowest BCUT2D eigenvalue weighted by molar-refractivity contribution is -0.121. The fraction of sp³-hybridized carbons (Fsp3) is 0.500. The molecular weight excluding hydrogens is 308 g/mol. The van der Waals surface area contributed by atoms with Gasteiger partial charge in [-0.3, -0.25) is 4.79 Å². The molecule has 1 fully saturated rings. The first-order chi connectivity index (χ1) is 9.15. The van der Waals surface area contributed by atoms with Crippen LogP contribution in [0.3, 0.4) is 0 Å². The predicted molar refractivity (Wildman–Crippen MR) is 77.9 cm³/mol. The van der Waals surface area contributed by atoms with Crippen molar-refractivity contribution in [3.8, 4) is 5.75 Å². The fourth-order valence-corrected chi connectivity index (χ4v) is 2.22. The number of carbonyl (C=O) groups excluding carboxylic acids is 1. The Balaban J connectivity index is 1.58. The van der Waals surface area contributed by atoms with Crippen LogP contribution in [0.1, 0.15) is 31.2 Å². The van der Waals surface area contributed by atoms with Crippen LogP contribution in [0, 0.1) is 0 Å². The summed E-state index contributed by atoms with van der Waals surface area (Å²) in [5.74, 6) is 0.414. The number of phenolic OH excluding ortho intramolecular Hbond substituents is 1. The van der Waals surface area contributed by atoms with E-state index in [9.17, 15) is 9.90 Å². The molecule has 0 spiro atoms. The number of phenols is 1. The molecule has 0 bridgehead atoms. The van der Waals surface area contributed by atoms with Crippen molar-refractivity contribution in [2.75, 3.05) is 6.54 Å². The Labute approximate surface area is 121 Å². The lowest BCUT2D eigenvalue weighted by Gasteiger charge is -2.06. The zero-order chi connectivity index (χ0) is 13.7. The molecule has 3 N–H and O–H groups in total. The third-order valence-electron chi connectivity index (χ3n) is 3.04. The van der Waals surface area contributed by atoms with E-state index in [-0.39, 0.29) is 11.7 Å². The molecule has 4 nitrogen and oxygen atoms in total. The van der Waals surface area contributed by atoms with Gasteiger partial charge < -0.3 is 15.7 Å². The van der Waals surface area contributed by atoms with E-state index in [0.29, 0.717) is 16.9 Å². The van der Waals surface area contributed by atoms with E-state index >= 15 is 0 Å². The third kappa shape index (κ3) is 5.20. The molecule has 0 radical (unpaired) electrons. The molecule has 5 heteroatoms. The first kappa shape index (κ1) is 14.3. The van der Waals surface area contributed by atoms with Crippen LogP contribution in [0.5, 0.6) is 5.75 Å². The molecule has 0 heterocycles. The summed E-state index contributed by atoms with van der Waals surface area (Å²) in [7, 11) is 0. The highest BCUT2D eigenvalue weighted by Crippen LogP contribution is 2.24. The van der Waals surface area contributed by atoms with Crippen LogP contribution < -0.4 is 10.6 Å². The number of amides is 1. The number of aromatic hydroxyl groups is 1. The van der Waals surface area contributed by atoms with Crippen molar-refractivity contribution in [1.82, 2.24) is 10.6 Å². The molecule has 1 aliphatic carbocycles. The summed E-state index contributed by atoms with van der Waals surface area (Å²) in [4.78, 5) is 11.4. The zero-order valence-electron chi connectivity index (χ0n) is 10.8. The van der Waals surface area contributed by atoms with Gasteiger partial charge in [0, 0.05) is 19.0 Å². The number of halogens is 1. The average Bonchev–Trinajstić information content (AvgIpc) is 3.17. The Morgan fingerprint density at radius 3 is 2.89 bits per heavy atom. The Morgan fingerprint density at radius 1 is 1.42 bits per heavy atom. The summed E-state index contributed by atoms with van der Waals surface area (Å²) in [5.41, 5.74) is 1.10. The maximum absolute atomic E-state index is 11.4. The largest absolute Gasteiger partial charge is 0.507 e. The Bertz CT molecular complexity index is 447. The van der Waals surface area contributed by atoms with E-state index in [1.165, 1.54) is 0 Å². The first-order valence-electron chi connectivity index (χ1n) is 6.62. The van der Waals surface area contributed by atoms with Crippen LogP contribution in [0.4, 0.5) is 0 Å². The number of hydrogen-bond donors (Lipinski definition) is 3. The highest BCUT2D eigenvalue weighted by Gasteiger charge is 2.22. The summed E-state index contributed by atoms with van der Waals surface area (Å²) in [6.45, 7) is 1.56. The van der Waals surface area contributed by atoms with E-state index in [2.05, 4.69) is 26.6 Å². The lowest BCUT2D eigenvalue weighted by Crippen LogP contribution is -2.26. The zero-order valence-corrected chi connectivity index (χ0v) is 12.4. The van der Waals surface area contributed by atoms with Gasteiger partial charge in [0.2, 0.25) is 5.91 Å². The molecule has 0 aromatic heterocycles. The molecule has 1 aliphatic rings. The van der Waals surface area contributed by atoms with Crippen LogP contribution in [-0.2, 0) is 11.3 Å². The second-order valence-electron chi connectivity index (χ2n) is 4.91. The number of carbonyl (C=O) groups is 1. The number of nitrogens with one attached hydrogen (secondary N) is 2. The maximum Gasteiger partial charge on any atom is 0.220 e. The summed E-state index contributed by atoms with van der Waals surface area (Å²) < 4.78 is 0.704. The van der Waals surface area contributed by atoms with Gasteiger partial charge in [0.15, 0.2) is 0 Å². The molecule has 1 aromatic rings. The molecule has 1 saturated carbocycles. The summed E-state index contributed by atoms with van der Waals surface area (Å²) in [5, 5.41) is 15.6. The van der Waals surface area contributed by atoms with Gasteiger partial charge in [0.25, 0.3) is 0 Å². The van der Waals surface area contributed by atoms with Crippen molar-refractivity contribution >= 4 is 21.8 Å². The molecule has 1 amide bonds. The minimum Gasteiger partial charge on any atom is -0.507 e. The van der Waals surface area contributed by atoms with Crippen molar-refractivity contribution in [2.24, 2.45) is 0 Å². The van der Waals surface area contributed by atoms with Crippen molar-refractivity contribution in [2.45, 2.75) is 38.3 Å². The van der Waals surface area contributed by atoms with E-state index in [1.54, 1.807) is 6.07 Å². The maximum atomic E-state index is 11.4. The number of benzene rings is 1. The van der Waals surface area contributed by atoms with Gasteiger partial charge in [-0.1, -0.05) is 6.07 Å². The fourth-order valence-electron chi connectivity index (χ4n) is 1.79. The molecule has 0 saturated heterocycles. The van der Waals surface area contributed by atoms with Crippen LogP contribution in [0.2, 0.25) is 0 Å². The van der Waals surface area contributed by atoms with Gasteiger partial charge in [0.05, 0.1) is 4.47 Å². The van der Waals surface area contributed by atoms with Crippen LogP contribution >= 0.6 is 15.9 Å². The molecule has 1 aromatic carbocycles. The minimum atomic E-state index is 0.164. The summed E-state index contributed by atoms with van der Waals surface area (Å²) in [6.07, 6.45) is 3.71. The van der Waals surface area contributed by atoms with Gasteiger partial charge >= 0.3 is 0 Å². The van der Waals surface area contributed by atoms with Gasteiger partial charge in [-0.05, 0) is 59.4 Å². The highest BCUT2D eigenvalue weighted by atomic mass is 79.9. The van der Waals surface area contributed by atoms with Gasteiger partial charge in [0.1, 0.15) is 5.75 Å². The highest BCUT2D eigenvalue weighted by molar-refractivity contribution is 9.10. The molecule has 104 valence electrons.